The highest BCUT2D eigenvalue weighted by atomic mass is 16.5. The van der Waals surface area contributed by atoms with Crippen LogP contribution in [0.5, 0.6) is 0 Å². The number of methoxy groups -OCH3 is 1. The number of aromatic nitrogens is 4. The lowest BCUT2D eigenvalue weighted by molar-refractivity contribution is 0.0598. The minimum absolute atomic E-state index is 0.116. The maximum absolute atomic E-state index is 12.5. The molecule has 0 bridgehead atoms. The molecule has 1 amide bonds. The van der Waals surface area contributed by atoms with Crippen molar-refractivity contribution < 1.29 is 9.53 Å². The average molecular weight is 330 g/mol. The number of anilines is 1. The number of amides is 1. The number of ether oxygens (including phenoxy) is 1. The van der Waals surface area contributed by atoms with Gasteiger partial charge in [0.1, 0.15) is 5.69 Å². The summed E-state index contributed by atoms with van der Waals surface area (Å²) in [4.78, 5) is 25.1. The van der Waals surface area contributed by atoms with Gasteiger partial charge in [-0.25, -0.2) is 15.0 Å². The first-order valence-electron chi connectivity index (χ1n) is 8.01. The Labute approximate surface area is 140 Å². The van der Waals surface area contributed by atoms with E-state index in [0.717, 1.165) is 31.4 Å². The fraction of sp³-hybridized carbons (Fsp3) is 0.500. The molecule has 0 unspecified atom stereocenters. The molecular weight excluding hydrogens is 308 g/mol. The number of nitrogens with zero attached hydrogens (tertiary/aromatic N) is 4. The molecule has 24 heavy (non-hydrogen) atoms. The summed E-state index contributed by atoms with van der Waals surface area (Å²) >= 11 is 0. The van der Waals surface area contributed by atoms with Crippen molar-refractivity contribution in [2.45, 2.75) is 37.8 Å². The highest BCUT2D eigenvalue weighted by Crippen LogP contribution is 2.22. The summed E-state index contributed by atoms with van der Waals surface area (Å²) in [5.74, 6) is -0.158. The molecule has 128 valence electrons. The van der Waals surface area contributed by atoms with Gasteiger partial charge in [0.2, 0.25) is 0 Å². The Hall–Kier alpha value is -2.48. The summed E-state index contributed by atoms with van der Waals surface area (Å²) in [6, 6.07) is 0.116. The van der Waals surface area contributed by atoms with E-state index < -0.39 is 0 Å². The number of imidazole rings is 1. The van der Waals surface area contributed by atoms with Crippen LogP contribution >= 0.6 is 0 Å². The number of carbonyl (C=O) groups excluding carboxylic acids is 1. The first-order valence-corrected chi connectivity index (χ1v) is 8.01. The van der Waals surface area contributed by atoms with Crippen LogP contribution in [0, 0.1) is 0 Å². The number of rotatable bonds is 4. The molecule has 1 aliphatic carbocycles. The number of hydrogen-bond acceptors (Lipinski definition) is 6. The first kappa shape index (κ1) is 16.4. The van der Waals surface area contributed by atoms with Crippen molar-refractivity contribution in [2.24, 2.45) is 7.05 Å². The van der Waals surface area contributed by atoms with Gasteiger partial charge in [0.05, 0.1) is 30.5 Å². The molecule has 3 rings (SSSR count). The maximum atomic E-state index is 12.5. The highest BCUT2D eigenvalue weighted by Gasteiger charge is 2.24. The Bertz CT molecular complexity index is 721. The molecule has 1 saturated carbocycles. The second kappa shape index (κ2) is 6.96. The molecule has 2 aromatic heterocycles. The van der Waals surface area contributed by atoms with E-state index in [4.69, 9.17) is 10.5 Å². The largest absolute Gasteiger partial charge is 0.382 e. The monoisotopic (exact) mass is 330 g/mol. The summed E-state index contributed by atoms with van der Waals surface area (Å²) in [6.45, 7) is 0. The number of hydrogen-bond donors (Lipinski definition) is 2. The van der Waals surface area contributed by atoms with Gasteiger partial charge in [-0.1, -0.05) is 0 Å². The van der Waals surface area contributed by atoms with Gasteiger partial charge >= 0.3 is 0 Å². The molecule has 1 aliphatic rings. The highest BCUT2D eigenvalue weighted by molar-refractivity contribution is 5.96. The normalized spacial score (nSPS) is 20.8. The van der Waals surface area contributed by atoms with Crippen LogP contribution in [0.3, 0.4) is 0 Å². The van der Waals surface area contributed by atoms with Gasteiger partial charge in [-0.3, -0.25) is 4.79 Å². The smallest absolute Gasteiger partial charge is 0.273 e. The first-order chi connectivity index (χ1) is 11.6. The molecule has 0 saturated heterocycles. The summed E-state index contributed by atoms with van der Waals surface area (Å²) in [5, 5.41) is 3.01. The van der Waals surface area contributed by atoms with Gasteiger partial charge in [-0.15, -0.1) is 0 Å². The number of nitrogens with two attached hydrogens (primary N) is 1. The molecule has 8 heteroatoms. The lowest BCUT2D eigenvalue weighted by Gasteiger charge is -2.28. The molecule has 2 heterocycles. The van der Waals surface area contributed by atoms with E-state index in [2.05, 4.69) is 20.3 Å². The fourth-order valence-electron chi connectivity index (χ4n) is 2.99. The summed E-state index contributed by atoms with van der Waals surface area (Å²) in [5.41, 5.74) is 7.35. The molecule has 2 aromatic rings. The van der Waals surface area contributed by atoms with Gasteiger partial charge < -0.3 is 20.4 Å². The van der Waals surface area contributed by atoms with Crippen molar-refractivity contribution in [3.05, 3.63) is 24.4 Å². The molecule has 0 aliphatic heterocycles. The second-order valence-electron chi connectivity index (χ2n) is 6.06. The molecule has 0 atom stereocenters. The molecule has 3 N–H and O–H groups in total. The lowest BCUT2D eigenvalue weighted by Crippen LogP contribution is -2.39. The van der Waals surface area contributed by atoms with Crippen molar-refractivity contribution in [3.8, 4) is 11.4 Å². The molecule has 8 nitrogen and oxygen atoms in total. The van der Waals surface area contributed by atoms with Crippen molar-refractivity contribution >= 4 is 11.7 Å². The predicted octanol–water partition coefficient (Wildman–Crippen LogP) is 1.15. The van der Waals surface area contributed by atoms with Gasteiger partial charge in [-0.2, -0.15) is 0 Å². The van der Waals surface area contributed by atoms with Gasteiger partial charge in [-0.05, 0) is 25.7 Å². The third-order valence-electron chi connectivity index (χ3n) is 4.44. The molecule has 0 radical (unpaired) electrons. The van der Waals surface area contributed by atoms with E-state index in [1.165, 1.54) is 0 Å². The minimum atomic E-state index is -0.287. The number of carbonyl (C=O) groups is 1. The van der Waals surface area contributed by atoms with Crippen LogP contribution in [-0.4, -0.2) is 44.7 Å². The van der Waals surface area contributed by atoms with Gasteiger partial charge in [0.25, 0.3) is 5.91 Å². The van der Waals surface area contributed by atoms with Crippen molar-refractivity contribution in [1.29, 1.82) is 0 Å². The van der Waals surface area contributed by atoms with E-state index in [0.29, 0.717) is 5.69 Å². The average Bonchev–Trinajstić information content (AvgIpc) is 3.02. The maximum Gasteiger partial charge on any atom is 0.273 e. The van der Waals surface area contributed by atoms with Crippen molar-refractivity contribution in [3.63, 3.8) is 0 Å². The minimum Gasteiger partial charge on any atom is -0.382 e. The molecule has 0 aromatic carbocycles. The van der Waals surface area contributed by atoms with Crippen LogP contribution in [0.1, 0.15) is 36.2 Å². The Kier molecular flexibility index (Phi) is 4.75. The summed E-state index contributed by atoms with van der Waals surface area (Å²) < 4.78 is 7.17. The van der Waals surface area contributed by atoms with Crippen LogP contribution in [0.25, 0.3) is 11.4 Å². The Morgan fingerprint density at radius 1 is 1.33 bits per heavy atom. The van der Waals surface area contributed by atoms with Crippen LogP contribution in [0.15, 0.2) is 18.7 Å². The SMILES string of the molecule is COC1CCC(NC(=O)c2nc(-c3cncn3C)cnc2N)CC1. The third-order valence-corrected chi connectivity index (χ3v) is 4.44. The number of nitrogen functional groups attached to an aromatic ring is 1. The van der Waals surface area contributed by atoms with Crippen LogP contribution in [0.2, 0.25) is 0 Å². The van der Waals surface area contributed by atoms with Crippen LogP contribution in [-0.2, 0) is 11.8 Å². The van der Waals surface area contributed by atoms with Gasteiger partial charge in [0, 0.05) is 20.2 Å². The zero-order chi connectivity index (χ0) is 17.1. The second-order valence-corrected chi connectivity index (χ2v) is 6.06. The van der Waals surface area contributed by atoms with E-state index in [-0.39, 0.29) is 29.6 Å². The number of nitrogens with one attached hydrogen (secondary N) is 1. The zero-order valence-electron chi connectivity index (χ0n) is 13.9. The van der Waals surface area contributed by atoms with E-state index in [1.54, 1.807) is 25.8 Å². The van der Waals surface area contributed by atoms with Crippen molar-refractivity contribution in [1.82, 2.24) is 24.8 Å². The van der Waals surface area contributed by atoms with Gasteiger partial charge in [0.15, 0.2) is 11.5 Å². The van der Waals surface area contributed by atoms with Crippen molar-refractivity contribution in [2.75, 3.05) is 12.8 Å². The van der Waals surface area contributed by atoms with E-state index in [1.807, 2.05) is 11.6 Å². The quantitative estimate of drug-likeness (QED) is 0.870. The number of aryl methyl sites for hydroxylation is 1. The Morgan fingerprint density at radius 2 is 2.08 bits per heavy atom. The van der Waals surface area contributed by atoms with E-state index >= 15 is 0 Å². The van der Waals surface area contributed by atoms with E-state index in [9.17, 15) is 4.79 Å². The standard InChI is InChI=1S/C16H22N6O2/c1-22-9-18-8-13(22)12-7-19-15(17)14(21-12)16(23)20-10-3-5-11(24-2)6-4-10/h7-11H,3-6H2,1-2H3,(H2,17,19)(H,20,23). The molecular formula is C16H22N6O2. The predicted molar refractivity (Wildman–Crippen MR) is 89.2 cm³/mol. The fourth-order valence-corrected chi connectivity index (χ4v) is 2.99. The van der Waals surface area contributed by atoms with Crippen LogP contribution < -0.4 is 11.1 Å². The zero-order valence-corrected chi connectivity index (χ0v) is 13.9. The topological polar surface area (TPSA) is 108 Å². The molecule has 0 spiro atoms. The Balaban J connectivity index is 1.74. The van der Waals surface area contributed by atoms with Crippen LogP contribution in [0.4, 0.5) is 5.82 Å². The third kappa shape index (κ3) is 3.38. The molecule has 1 fully saturated rings. The lowest BCUT2D eigenvalue weighted by atomic mass is 9.93. The summed E-state index contributed by atoms with van der Waals surface area (Å²) in [6.07, 6.45) is 8.84. The Morgan fingerprint density at radius 3 is 2.71 bits per heavy atom. The summed E-state index contributed by atoms with van der Waals surface area (Å²) in [7, 11) is 3.58.